The minimum Gasteiger partial charge on any atom is -0.385 e. The lowest BCUT2D eigenvalue weighted by Crippen LogP contribution is -2.26. The normalized spacial score (nSPS) is 11.2. The van der Waals surface area contributed by atoms with Crippen LogP contribution >= 0.6 is 0 Å². The molecule has 1 rings (SSSR count). The maximum Gasteiger partial charge on any atom is 0.251 e. The third kappa shape index (κ3) is 6.62. The van der Waals surface area contributed by atoms with Gasteiger partial charge in [-0.3, -0.25) is 4.79 Å². The predicted octanol–water partition coefficient (Wildman–Crippen LogP) is 1.98. The molecule has 0 saturated heterocycles. The third-order valence-corrected chi connectivity index (χ3v) is 4.06. The highest BCUT2D eigenvalue weighted by molar-refractivity contribution is 7.90. The van der Waals surface area contributed by atoms with Gasteiger partial charge in [0.05, 0.1) is 5.75 Å². The average Bonchev–Trinajstić information content (AvgIpc) is 2.41. The van der Waals surface area contributed by atoms with Crippen LogP contribution in [0.4, 0.5) is 5.69 Å². The van der Waals surface area contributed by atoms with Gasteiger partial charge in [0.25, 0.3) is 5.91 Å². The number of rotatable bonds is 8. The van der Waals surface area contributed by atoms with Crippen LogP contribution in [0.3, 0.4) is 0 Å². The number of anilines is 1. The Morgan fingerprint density at radius 1 is 1.24 bits per heavy atom. The summed E-state index contributed by atoms with van der Waals surface area (Å²) < 4.78 is 22.0. The first-order valence-corrected chi connectivity index (χ1v) is 9.20. The topological polar surface area (TPSA) is 75.3 Å². The summed E-state index contributed by atoms with van der Waals surface area (Å²) in [6, 6.07) is 5.51. The van der Waals surface area contributed by atoms with Crippen LogP contribution in [0.15, 0.2) is 18.2 Å². The molecule has 0 saturated carbocycles. The number of carbonyl (C=O) groups is 1. The highest BCUT2D eigenvalue weighted by atomic mass is 32.2. The Bertz CT molecular complexity index is 583. The molecule has 0 aliphatic carbocycles. The van der Waals surface area contributed by atoms with E-state index in [9.17, 15) is 13.2 Å². The molecule has 0 heterocycles. The molecule has 0 atom stereocenters. The number of hydrogen-bond acceptors (Lipinski definition) is 4. The molecule has 6 heteroatoms. The number of amides is 1. The van der Waals surface area contributed by atoms with Crippen LogP contribution in [-0.4, -0.2) is 39.4 Å². The molecule has 0 aliphatic heterocycles. The molecular formula is C15H24N2O3S. The zero-order valence-corrected chi connectivity index (χ0v) is 13.7. The van der Waals surface area contributed by atoms with E-state index in [0.29, 0.717) is 18.5 Å². The molecule has 0 unspecified atom stereocenters. The third-order valence-electron chi connectivity index (χ3n) is 3.03. The molecule has 0 aliphatic rings. The molecule has 5 nitrogen and oxygen atoms in total. The van der Waals surface area contributed by atoms with Crippen LogP contribution in [0, 0.1) is 6.92 Å². The second-order valence-electron chi connectivity index (χ2n) is 5.20. The summed E-state index contributed by atoms with van der Waals surface area (Å²) in [5.74, 6) is -0.0831. The maximum absolute atomic E-state index is 12.0. The molecule has 0 fully saturated rings. The van der Waals surface area contributed by atoms with Crippen LogP contribution in [0.2, 0.25) is 0 Å². The van der Waals surface area contributed by atoms with Gasteiger partial charge >= 0.3 is 0 Å². The van der Waals surface area contributed by atoms with Crippen molar-refractivity contribution in [3.8, 4) is 0 Å². The first kappa shape index (κ1) is 17.5. The first-order chi connectivity index (χ1) is 9.83. The van der Waals surface area contributed by atoms with Gasteiger partial charge in [0, 0.05) is 30.6 Å². The minimum absolute atomic E-state index is 0.0895. The van der Waals surface area contributed by atoms with Gasteiger partial charge in [-0.05, 0) is 43.5 Å². The average molecular weight is 312 g/mol. The summed E-state index contributed by atoms with van der Waals surface area (Å²) in [6.45, 7) is 5.32. The van der Waals surface area contributed by atoms with Crippen molar-refractivity contribution >= 4 is 21.4 Å². The number of nitrogens with one attached hydrogen (secondary N) is 2. The smallest absolute Gasteiger partial charge is 0.251 e. The summed E-state index contributed by atoms with van der Waals surface area (Å²) in [6.07, 6.45) is 2.67. The Morgan fingerprint density at radius 2 is 1.95 bits per heavy atom. The Morgan fingerprint density at radius 3 is 2.52 bits per heavy atom. The van der Waals surface area contributed by atoms with Crippen LogP contribution in [-0.2, 0) is 9.84 Å². The standard InChI is InChI=1S/C15H24N2O3S/c1-4-8-16-14-7-6-13(11-12(14)2)15(18)17-9-5-10-21(3,19)20/h6-7,11,16H,4-5,8-10H2,1-3H3,(H,17,18). The Balaban J connectivity index is 2.53. The fourth-order valence-corrected chi connectivity index (χ4v) is 2.57. The molecule has 1 aromatic carbocycles. The van der Waals surface area contributed by atoms with E-state index in [1.165, 1.54) is 6.26 Å². The molecule has 21 heavy (non-hydrogen) atoms. The summed E-state index contributed by atoms with van der Waals surface area (Å²) >= 11 is 0. The molecule has 1 amide bonds. The largest absolute Gasteiger partial charge is 0.385 e. The van der Waals surface area contributed by atoms with Crippen molar-refractivity contribution < 1.29 is 13.2 Å². The zero-order chi connectivity index (χ0) is 15.9. The van der Waals surface area contributed by atoms with Crippen molar-refractivity contribution in [1.29, 1.82) is 0 Å². The van der Waals surface area contributed by atoms with Crippen molar-refractivity contribution in [2.45, 2.75) is 26.7 Å². The Labute approximate surface area is 127 Å². The fraction of sp³-hybridized carbons (Fsp3) is 0.533. The van der Waals surface area contributed by atoms with Crippen LogP contribution in [0.1, 0.15) is 35.7 Å². The fourth-order valence-electron chi connectivity index (χ4n) is 1.90. The highest BCUT2D eigenvalue weighted by Crippen LogP contribution is 2.16. The predicted molar refractivity (Wildman–Crippen MR) is 86.6 cm³/mol. The number of carbonyl (C=O) groups excluding carboxylic acids is 1. The van der Waals surface area contributed by atoms with E-state index in [0.717, 1.165) is 24.2 Å². The molecule has 1 aromatic rings. The molecule has 0 radical (unpaired) electrons. The van der Waals surface area contributed by atoms with Gasteiger partial charge < -0.3 is 10.6 Å². The highest BCUT2D eigenvalue weighted by Gasteiger charge is 2.08. The second kappa shape index (κ2) is 8.02. The monoisotopic (exact) mass is 312 g/mol. The Hall–Kier alpha value is -1.56. The SMILES string of the molecule is CCCNc1ccc(C(=O)NCCCS(C)(=O)=O)cc1C. The number of aryl methyl sites for hydroxylation is 1. The minimum atomic E-state index is -2.97. The maximum atomic E-state index is 12.0. The lowest BCUT2D eigenvalue weighted by atomic mass is 10.1. The summed E-state index contributed by atoms with van der Waals surface area (Å²) in [4.78, 5) is 12.0. The van der Waals surface area contributed by atoms with Gasteiger partial charge in [0.15, 0.2) is 0 Å². The molecule has 0 bridgehead atoms. The van der Waals surface area contributed by atoms with Crippen molar-refractivity contribution in [2.75, 3.05) is 30.4 Å². The molecule has 0 spiro atoms. The molecule has 2 N–H and O–H groups in total. The van der Waals surface area contributed by atoms with E-state index in [2.05, 4.69) is 17.6 Å². The molecule has 0 aromatic heterocycles. The quantitative estimate of drug-likeness (QED) is 0.720. The van der Waals surface area contributed by atoms with Gasteiger partial charge in [0.1, 0.15) is 9.84 Å². The van der Waals surface area contributed by atoms with Gasteiger partial charge in [0.2, 0.25) is 0 Å². The van der Waals surface area contributed by atoms with Gasteiger partial charge in [-0.2, -0.15) is 0 Å². The Kier molecular flexibility index (Phi) is 6.68. The number of benzene rings is 1. The van der Waals surface area contributed by atoms with E-state index in [1.807, 2.05) is 19.1 Å². The van der Waals surface area contributed by atoms with Gasteiger partial charge in [-0.15, -0.1) is 0 Å². The lowest BCUT2D eigenvalue weighted by Gasteiger charge is -2.10. The summed E-state index contributed by atoms with van der Waals surface area (Å²) in [5.41, 5.74) is 2.65. The van der Waals surface area contributed by atoms with Crippen LogP contribution in [0.25, 0.3) is 0 Å². The number of hydrogen-bond donors (Lipinski definition) is 2. The zero-order valence-electron chi connectivity index (χ0n) is 12.9. The lowest BCUT2D eigenvalue weighted by molar-refractivity contribution is 0.0953. The van der Waals surface area contributed by atoms with Gasteiger partial charge in [-0.1, -0.05) is 6.92 Å². The van der Waals surface area contributed by atoms with Crippen molar-refractivity contribution in [1.82, 2.24) is 5.32 Å². The first-order valence-electron chi connectivity index (χ1n) is 7.14. The van der Waals surface area contributed by atoms with Crippen molar-refractivity contribution in [2.24, 2.45) is 0 Å². The molecular weight excluding hydrogens is 288 g/mol. The summed E-state index contributed by atoms with van der Waals surface area (Å²) in [7, 11) is -2.97. The van der Waals surface area contributed by atoms with Crippen molar-refractivity contribution in [3.63, 3.8) is 0 Å². The van der Waals surface area contributed by atoms with E-state index >= 15 is 0 Å². The van der Waals surface area contributed by atoms with E-state index < -0.39 is 9.84 Å². The second-order valence-corrected chi connectivity index (χ2v) is 7.46. The number of sulfone groups is 1. The van der Waals surface area contributed by atoms with Crippen LogP contribution in [0.5, 0.6) is 0 Å². The van der Waals surface area contributed by atoms with Crippen molar-refractivity contribution in [3.05, 3.63) is 29.3 Å². The van der Waals surface area contributed by atoms with E-state index in [4.69, 9.17) is 0 Å². The van der Waals surface area contributed by atoms with Gasteiger partial charge in [-0.25, -0.2) is 8.42 Å². The van der Waals surface area contributed by atoms with Crippen LogP contribution < -0.4 is 10.6 Å². The van der Waals surface area contributed by atoms with E-state index in [-0.39, 0.29) is 11.7 Å². The van der Waals surface area contributed by atoms with E-state index in [1.54, 1.807) is 6.07 Å². The molecule has 118 valence electrons. The summed E-state index contributed by atoms with van der Waals surface area (Å²) in [5, 5.41) is 6.04.